The van der Waals surface area contributed by atoms with Gasteiger partial charge in [0.1, 0.15) is 12.1 Å². The van der Waals surface area contributed by atoms with Crippen LogP contribution >= 0.6 is 0 Å². The predicted molar refractivity (Wildman–Crippen MR) is 109 cm³/mol. The van der Waals surface area contributed by atoms with Crippen molar-refractivity contribution in [3.63, 3.8) is 0 Å². The lowest BCUT2D eigenvalue weighted by Gasteiger charge is -2.39. The maximum Gasteiger partial charge on any atom is 0.231 e. The summed E-state index contributed by atoms with van der Waals surface area (Å²) in [6.07, 6.45) is 3.29. The number of nitrogens with one attached hydrogen (secondary N) is 2. The highest BCUT2D eigenvalue weighted by molar-refractivity contribution is 5.96. The van der Waals surface area contributed by atoms with Crippen LogP contribution in [0.3, 0.4) is 0 Å². The van der Waals surface area contributed by atoms with Crippen LogP contribution in [0.5, 0.6) is 0 Å². The van der Waals surface area contributed by atoms with Gasteiger partial charge in [0.05, 0.1) is 23.3 Å². The Kier molecular flexibility index (Phi) is 4.01. The fourth-order valence-corrected chi connectivity index (χ4v) is 3.58. The van der Waals surface area contributed by atoms with Gasteiger partial charge in [-0.3, -0.25) is 9.89 Å². The summed E-state index contributed by atoms with van der Waals surface area (Å²) >= 11 is 0. The minimum absolute atomic E-state index is 0.00735. The molecule has 1 aliphatic rings. The second kappa shape index (κ2) is 6.69. The number of carbonyl (C=O) groups is 1. The zero-order chi connectivity index (χ0) is 20.0. The minimum atomic E-state index is -0.0837. The summed E-state index contributed by atoms with van der Waals surface area (Å²) in [6, 6.07) is 9.62. The summed E-state index contributed by atoms with van der Waals surface area (Å²) in [6.45, 7) is 5.18. The van der Waals surface area contributed by atoms with Gasteiger partial charge in [0.25, 0.3) is 0 Å². The highest BCUT2D eigenvalue weighted by Gasteiger charge is 2.33. The number of rotatable bonds is 4. The van der Waals surface area contributed by atoms with Crippen molar-refractivity contribution in [1.82, 2.24) is 29.9 Å². The summed E-state index contributed by atoms with van der Waals surface area (Å²) < 4.78 is 1.80. The topological polar surface area (TPSA) is 105 Å². The minimum Gasteiger partial charge on any atom is -0.355 e. The van der Waals surface area contributed by atoms with E-state index >= 15 is 0 Å². The molecule has 0 bridgehead atoms. The lowest BCUT2D eigenvalue weighted by molar-refractivity contribution is -0.120. The van der Waals surface area contributed by atoms with Crippen LogP contribution in [-0.4, -0.2) is 48.9 Å². The zero-order valence-corrected chi connectivity index (χ0v) is 16.1. The Labute approximate surface area is 166 Å². The fraction of sp³-hybridized carbons (Fsp3) is 0.250. The van der Waals surface area contributed by atoms with Crippen LogP contribution in [0.15, 0.2) is 42.9 Å². The third-order valence-electron chi connectivity index (χ3n) is 5.15. The summed E-state index contributed by atoms with van der Waals surface area (Å²) in [4.78, 5) is 23.3. The number of aromatic nitrogens is 6. The van der Waals surface area contributed by atoms with Crippen LogP contribution < -0.4 is 10.2 Å². The Morgan fingerprint density at radius 1 is 1.14 bits per heavy atom. The standard InChI is InChI=1S/C20H20N8O/c1-12-5-13(2)28(26-12)19-7-18(21-11-22-19)27-9-15(10-27)20(29)24-16-4-3-14-8-23-25-17(14)6-16/h3-8,11,15H,9-10H2,1-2H3,(H,23,25)(H,24,29). The van der Waals surface area contributed by atoms with Crippen molar-refractivity contribution in [2.45, 2.75) is 13.8 Å². The molecule has 1 fully saturated rings. The highest BCUT2D eigenvalue weighted by atomic mass is 16.2. The number of benzene rings is 1. The zero-order valence-electron chi connectivity index (χ0n) is 16.1. The molecule has 3 aromatic heterocycles. The third-order valence-corrected chi connectivity index (χ3v) is 5.15. The van der Waals surface area contributed by atoms with E-state index in [1.807, 2.05) is 44.2 Å². The molecule has 2 N–H and O–H groups in total. The number of nitrogens with zero attached hydrogens (tertiary/aromatic N) is 6. The second-order valence-electron chi connectivity index (χ2n) is 7.34. The number of aryl methyl sites for hydroxylation is 2. The molecule has 0 atom stereocenters. The average Bonchev–Trinajstić information content (AvgIpc) is 3.26. The Morgan fingerprint density at radius 3 is 2.76 bits per heavy atom. The summed E-state index contributed by atoms with van der Waals surface area (Å²) in [5.74, 6) is 1.44. The van der Waals surface area contributed by atoms with Crippen molar-refractivity contribution in [3.05, 3.63) is 54.2 Å². The largest absolute Gasteiger partial charge is 0.355 e. The molecular weight excluding hydrogens is 368 g/mol. The van der Waals surface area contributed by atoms with Crippen LogP contribution in [0.4, 0.5) is 11.5 Å². The van der Waals surface area contributed by atoms with Gasteiger partial charge in [-0.25, -0.2) is 14.6 Å². The predicted octanol–water partition coefficient (Wildman–Crippen LogP) is 2.23. The number of hydrogen-bond donors (Lipinski definition) is 2. The summed E-state index contributed by atoms with van der Waals surface area (Å²) in [7, 11) is 0. The van der Waals surface area contributed by atoms with E-state index in [2.05, 4.69) is 35.5 Å². The van der Waals surface area contributed by atoms with Crippen LogP contribution in [0.25, 0.3) is 16.7 Å². The average molecular weight is 388 g/mol. The molecule has 5 rings (SSSR count). The number of anilines is 2. The number of aromatic amines is 1. The molecular formula is C20H20N8O. The van der Waals surface area contributed by atoms with Gasteiger partial charge in [0.2, 0.25) is 5.91 Å². The molecule has 1 amide bonds. The molecule has 4 heterocycles. The molecule has 1 saturated heterocycles. The number of fused-ring (bicyclic) bond motifs is 1. The number of H-pyrrole nitrogens is 1. The molecule has 9 nitrogen and oxygen atoms in total. The van der Waals surface area contributed by atoms with Gasteiger partial charge < -0.3 is 10.2 Å². The third kappa shape index (κ3) is 3.20. The monoisotopic (exact) mass is 388 g/mol. The molecule has 1 aromatic carbocycles. The first-order valence-corrected chi connectivity index (χ1v) is 9.41. The molecule has 0 aliphatic carbocycles. The summed E-state index contributed by atoms with van der Waals surface area (Å²) in [5.41, 5.74) is 3.62. The van der Waals surface area contributed by atoms with Gasteiger partial charge in [0, 0.05) is 35.9 Å². The van der Waals surface area contributed by atoms with E-state index in [1.54, 1.807) is 10.9 Å². The normalized spacial score (nSPS) is 14.2. The van der Waals surface area contributed by atoms with Gasteiger partial charge in [-0.15, -0.1) is 0 Å². The van der Waals surface area contributed by atoms with E-state index in [4.69, 9.17) is 0 Å². The maximum atomic E-state index is 12.6. The molecule has 1 aliphatic heterocycles. The van der Waals surface area contributed by atoms with Crippen molar-refractivity contribution < 1.29 is 4.79 Å². The molecule has 0 spiro atoms. The van der Waals surface area contributed by atoms with Gasteiger partial charge >= 0.3 is 0 Å². The van der Waals surface area contributed by atoms with Crippen LogP contribution in [0.2, 0.25) is 0 Å². The lowest BCUT2D eigenvalue weighted by Crippen LogP contribution is -2.52. The molecule has 146 valence electrons. The number of amides is 1. The number of hydrogen-bond acceptors (Lipinski definition) is 6. The molecule has 0 radical (unpaired) electrons. The van der Waals surface area contributed by atoms with Gasteiger partial charge in [-0.2, -0.15) is 10.2 Å². The first kappa shape index (κ1) is 17.4. The molecule has 0 unspecified atom stereocenters. The Morgan fingerprint density at radius 2 is 1.97 bits per heavy atom. The van der Waals surface area contributed by atoms with Crippen LogP contribution in [0, 0.1) is 19.8 Å². The maximum absolute atomic E-state index is 12.6. The molecule has 4 aromatic rings. The smallest absolute Gasteiger partial charge is 0.231 e. The molecule has 0 saturated carbocycles. The van der Waals surface area contributed by atoms with E-state index in [0.717, 1.165) is 39.6 Å². The molecule has 9 heteroatoms. The van der Waals surface area contributed by atoms with E-state index in [1.165, 1.54) is 6.33 Å². The van der Waals surface area contributed by atoms with Crippen molar-refractivity contribution >= 4 is 28.3 Å². The first-order valence-electron chi connectivity index (χ1n) is 9.41. The van der Waals surface area contributed by atoms with Crippen LogP contribution in [-0.2, 0) is 4.79 Å². The van der Waals surface area contributed by atoms with Crippen molar-refractivity contribution in [3.8, 4) is 5.82 Å². The van der Waals surface area contributed by atoms with Crippen molar-refractivity contribution in [2.75, 3.05) is 23.3 Å². The quantitative estimate of drug-likeness (QED) is 0.556. The van der Waals surface area contributed by atoms with Gasteiger partial charge in [-0.1, -0.05) is 0 Å². The van der Waals surface area contributed by atoms with Gasteiger partial charge in [-0.05, 0) is 38.1 Å². The Hall–Kier alpha value is -3.75. The first-order chi connectivity index (χ1) is 14.1. The molecule has 29 heavy (non-hydrogen) atoms. The van der Waals surface area contributed by atoms with Crippen molar-refractivity contribution in [2.24, 2.45) is 5.92 Å². The Balaban J connectivity index is 1.25. The van der Waals surface area contributed by atoms with E-state index in [9.17, 15) is 4.79 Å². The SMILES string of the molecule is Cc1cc(C)n(-c2cc(N3CC(C(=O)Nc4ccc5cn[nH]c5c4)C3)ncn2)n1. The number of carbonyl (C=O) groups excluding carboxylic acids is 1. The van der Waals surface area contributed by atoms with Crippen LogP contribution in [0.1, 0.15) is 11.4 Å². The van der Waals surface area contributed by atoms with Gasteiger partial charge in [0.15, 0.2) is 5.82 Å². The summed E-state index contributed by atoms with van der Waals surface area (Å²) in [5, 5.41) is 15.4. The van der Waals surface area contributed by atoms with E-state index in [0.29, 0.717) is 13.1 Å². The Bertz CT molecular complexity index is 1200. The van der Waals surface area contributed by atoms with E-state index < -0.39 is 0 Å². The lowest BCUT2D eigenvalue weighted by atomic mass is 9.99. The highest BCUT2D eigenvalue weighted by Crippen LogP contribution is 2.25. The van der Waals surface area contributed by atoms with E-state index in [-0.39, 0.29) is 11.8 Å². The van der Waals surface area contributed by atoms with Crippen molar-refractivity contribution in [1.29, 1.82) is 0 Å². The second-order valence-corrected chi connectivity index (χ2v) is 7.34. The fourth-order valence-electron chi connectivity index (χ4n) is 3.58.